The highest BCUT2D eigenvalue weighted by Crippen LogP contribution is 2.34. The lowest BCUT2D eigenvalue weighted by Gasteiger charge is -2.14. The number of halogens is 7. The molecule has 84 heavy (non-hydrogen) atoms. The number of alkyl halides is 7. The zero-order chi connectivity index (χ0) is 60.5. The molecule has 0 saturated carbocycles. The van der Waals surface area contributed by atoms with E-state index < -0.39 is 213 Å². The average molecular weight is 1260 g/mol. The number of cyclic esters (lactones) is 7. The van der Waals surface area contributed by atoms with Gasteiger partial charge in [0.2, 0.25) is 39.7 Å². The third kappa shape index (κ3) is 20.2. The lowest BCUT2D eigenvalue weighted by atomic mass is 10.0. The van der Waals surface area contributed by atoms with Gasteiger partial charge in [-0.05, 0) is 48.5 Å². The van der Waals surface area contributed by atoms with E-state index in [0.717, 1.165) is 48.5 Å². The fourth-order valence-electron chi connectivity index (χ4n) is 6.47. The average Bonchev–Trinajstić information content (AvgIpc) is 4.06. The van der Waals surface area contributed by atoms with E-state index in [4.69, 9.17) is 71.5 Å². The van der Waals surface area contributed by atoms with E-state index in [2.05, 4.69) is 33.2 Å². The summed E-state index contributed by atoms with van der Waals surface area (Å²) in [5.41, 5.74) is -16.7. The number of rotatable bonds is 7. The molecule has 0 aromatic carbocycles. The summed E-state index contributed by atoms with van der Waals surface area (Å²) in [5.74, 6) is -7.85. The monoisotopic (exact) mass is 1260 g/mol. The number of hydrogen-bond donors (Lipinski definition) is 14. The Morgan fingerprint density at radius 2 is 0.321 bits per heavy atom. The molecule has 7 heterocycles. The van der Waals surface area contributed by atoms with Crippen LogP contribution >= 0.6 is 0 Å². The number of aliphatic hydroxyl groups excluding tert-OH is 14. The van der Waals surface area contributed by atoms with E-state index in [0.29, 0.717) is 0 Å². The van der Waals surface area contributed by atoms with Crippen LogP contribution in [-0.4, -0.2) is 285 Å². The Kier molecular flexibility index (Phi) is 39.6. The van der Waals surface area contributed by atoms with Crippen molar-refractivity contribution in [2.75, 3.05) is 46.2 Å². The van der Waals surface area contributed by atoms with Crippen LogP contribution in [0.25, 0.3) is 0 Å². The van der Waals surface area contributed by atoms with Crippen LogP contribution in [0.2, 0.25) is 0 Å². The van der Waals surface area contributed by atoms with Crippen LogP contribution in [0.15, 0.2) is 0 Å². The second-order valence-electron chi connectivity index (χ2n) is 18.5. The minimum atomic E-state index is -2.38. The van der Waals surface area contributed by atoms with E-state index >= 15 is 0 Å². The Labute approximate surface area is 481 Å². The molecule has 0 bridgehead atoms. The van der Waals surface area contributed by atoms with Gasteiger partial charge < -0.3 is 105 Å². The largest absolute Gasteiger partial charge is 0.455 e. The maximum atomic E-state index is 13.0. The predicted octanol–water partition coefficient (Wildman–Crippen LogP) is -2.59. The minimum absolute atomic E-state index is 0. The fourth-order valence-corrected chi connectivity index (χ4v) is 6.47. The topological polar surface area (TPSA) is 467 Å². The molecule has 28 nitrogen and oxygen atoms in total. The van der Waals surface area contributed by atoms with E-state index in [-0.39, 0.29) is 52.0 Å². The van der Waals surface area contributed by atoms with Gasteiger partial charge in [0.05, 0.1) is 46.2 Å². The van der Waals surface area contributed by atoms with Crippen molar-refractivity contribution < 1.29 is 169 Å². The number of hydrogen-bond acceptors (Lipinski definition) is 28. The first kappa shape index (κ1) is 92.9. The minimum Gasteiger partial charge on any atom is -0.455 e. The maximum absolute atomic E-state index is 13.0. The Morgan fingerprint density at radius 3 is 0.345 bits per heavy atom. The molecular weight excluding hydrogens is 1170 g/mol. The zero-order valence-corrected chi connectivity index (χ0v) is 41.7. The van der Waals surface area contributed by atoms with Gasteiger partial charge >= 0.3 is 41.8 Å². The quantitative estimate of drug-likeness (QED) is 0.0706. The van der Waals surface area contributed by atoms with Crippen molar-refractivity contribution in [2.24, 2.45) is 0 Å². The smallest absolute Gasteiger partial charge is 0.346 e. The molecule has 7 aliphatic heterocycles. The van der Waals surface area contributed by atoms with Crippen molar-refractivity contribution in [1.82, 2.24) is 0 Å². The van der Waals surface area contributed by atoms with Crippen LogP contribution < -0.4 is 0 Å². The first-order valence-corrected chi connectivity index (χ1v) is 22.3. The van der Waals surface area contributed by atoms with Gasteiger partial charge in [0.15, 0.2) is 42.7 Å². The van der Waals surface area contributed by atoms with Crippen LogP contribution in [0.4, 0.5) is 30.7 Å². The maximum Gasteiger partial charge on any atom is 0.346 e. The molecule has 2 unspecified atom stereocenters. The summed E-state index contributed by atoms with van der Waals surface area (Å²) >= 11 is 0. The SMILES string of the molecule is C.C.C.C.C.C.C.CC1(F)C(=O)O[C@H](CO)C1O.C[C@@]1(F)C(=O)O[C@H](CO)[C@@H]1O.C[C@@]1(F)C(=O)O[C@H](CO)[C@H]1O.C[C@@]1(F)C(=O)O[C@H](CO)[C@H]1O.C[C@]1(F)C(=O)O[C@H](CO)[C@@H]1O.C[C@]1(F)C(=O)O[C@H](CO)[C@H]1O.C[C@]1(F)C(=O)O[C@H](CO)[C@H]1O. The highest BCUT2D eigenvalue weighted by atomic mass is 19.2. The second kappa shape index (κ2) is 35.8. The van der Waals surface area contributed by atoms with Crippen molar-refractivity contribution in [3.05, 3.63) is 0 Å². The molecule has 35 heteroatoms. The van der Waals surface area contributed by atoms with Crippen LogP contribution in [0, 0.1) is 0 Å². The Hall–Kier alpha value is -4.76. The van der Waals surface area contributed by atoms with E-state index in [1.54, 1.807) is 0 Å². The van der Waals surface area contributed by atoms with Crippen molar-refractivity contribution in [3.63, 3.8) is 0 Å². The molecule has 0 aromatic heterocycles. The molecule has 7 saturated heterocycles. The van der Waals surface area contributed by atoms with Gasteiger partial charge in [-0.15, -0.1) is 0 Å². The summed E-state index contributed by atoms with van der Waals surface area (Å²) in [4.78, 5) is 74.3. The summed E-state index contributed by atoms with van der Waals surface area (Å²) in [6.07, 6.45) is -18.9. The van der Waals surface area contributed by atoms with Crippen molar-refractivity contribution in [2.45, 2.75) is 226 Å². The molecule has 0 aliphatic carbocycles. The highest BCUT2D eigenvalue weighted by molar-refractivity contribution is 5.85. The molecule has 0 radical (unpaired) electrons. The van der Waals surface area contributed by atoms with Gasteiger partial charge in [0.25, 0.3) is 0 Å². The highest BCUT2D eigenvalue weighted by Gasteiger charge is 2.59. The number of carbonyl (C=O) groups excluding carboxylic acids is 7. The molecular formula is C49H91F7O28. The third-order valence-electron chi connectivity index (χ3n) is 12.2. The van der Waals surface area contributed by atoms with Crippen LogP contribution in [0.1, 0.15) is 100 Å². The Balaban J connectivity index is -0.000000162. The summed E-state index contributed by atoms with van der Waals surface area (Å²) < 4.78 is 121. The molecule has 7 fully saturated rings. The van der Waals surface area contributed by atoms with E-state index in [9.17, 15) is 64.3 Å². The fraction of sp³-hybridized carbons (Fsp3) is 0.857. The van der Waals surface area contributed by atoms with E-state index in [1.807, 2.05) is 0 Å². The molecule has 7 rings (SSSR count). The van der Waals surface area contributed by atoms with Crippen molar-refractivity contribution in [3.8, 4) is 0 Å². The van der Waals surface area contributed by atoms with E-state index in [1.165, 1.54) is 0 Å². The standard InChI is InChI=1S/7C6H9FO4.7CH4/c7*1-6(7)4(9)3(2-8)11-5(6)10;;;;;;;/h7*3-4,8-9H,2H2,1H3;7*1H4/t3-,4?,6?;3-,4+,6+;3-,4+,6-;2*3-,4-,6+;2*3-,4-,6-;;;;;;;/m1111111......./s1. The number of ether oxygens (including phenoxy) is 7. The molecule has 0 amide bonds. The van der Waals surface area contributed by atoms with Crippen LogP contribution in [0.5, 0.6) is 0 Å². The summed E-state index contributed by atoms with van der Waals surface area (Å²) in [7, 11) is 0. The van der Waals surface area contributed by atoms with Crippen molar-refractivity contribution in [1.29, 1.82) is 0 Å². The number of aliphatic hydroxyl groups is 14. The predicted molar refractivity (Wildman–Crippen MR) is 275 cm³/mol. The first-order chi connectivity index (χ1) is 35.0. The van der Waals surface area contributed by atoms with Gasteiger partial charge in [-0.25, -0.2) is 64.3 Å². The molecule has 504 valence electrons. The van der Waals surface area contributed by atoms with Crippen molar-refractivity contribution >= 4 is 41.8 Å². The normalized spacial score (nSPS) is 40.5. The van der Waals surface area contributed by atoms with Gasteiger partial charge in [0, 0.05) is 0 Å². The van der Waals surface area contributed by atoms with Crippen LogP contribution in [-0.2, 0) is 66.7 Å². The lowest BCUT2D eigenvalue weighted by molar-refractivity contribution is -0.151. The summed E-state index contributed by atoms with van der Waals surface area (Å²) in [6.45, 7) is 2.54. The molecule has 21 atom stereocenters. The zero-order valence-electron chi connectivity index (χ0n) is 41.7. The van der Waals surface area contributed by atoms with Gasteiger partial charge in [-0.3, -0.25) is 0 Å². The van der Waals surface area contributed by atoms with Gasteiger partial charge in [-0.2, -0.15) is 0 Å². The van der Waals surface area contributed by atoms with Gasteiger partial charge in [0.1, 0.15) is 42.7 Å². The van der Waals surface area contributed by atoms with Gasteiger partial charge in [-0.1, -0.05) is 52.0 Å². The summed E-state index contributed by atoms with van der Waals surface area (Å²) in [5, 5.41) is 122. The third-order valence-corrected chi connectivity index (χ3v) is 12.2. The molecule has 0 spiro atoms. The molecule has 7 aliphatic rings. The summed E-state index contributed by atoms with van der Waals surface area (Å²) in [6, 6.07) is 0. The molecule has 0 aromatic rings. The van der Waals surface area contributed by atoms with Crippen LogP contribution in [0.3, 0.4) is 0 Å². The molecule has 14 N–H and O–H groups in total. The first-order valence-electron chi connectivity index (χ1n) is 22.3. The number of esters is 7. The Morgan fingerprint density at radius 1 is 0.250 bits per heavy atom. The number of carbonyl (C=O) groups is 7. The second-order valence-corrected chi connectivity index (χ2v) is 18.5. The Bertz CT molecular complexity index is 1650. The lowest BCUT2D eigenvalue weighted by Crippen LogP contribution is -2.40.